The number of nitrogens with zero attached hydrogens (tertiary/aromatic N) is 2. The molecule has 0 unspecified atom stereocenters. The highest BCUT2D eigenvalue weighted by atomic mass is 16.2. The first-order valence-corrected chi connectivity index (χ1v) is 7.35. The monoisotopic (exact) mass is 248 g/mol. The highest BCUT2D eigenvalue weighted by molar-refractivity contribution is 5.86. The smallest absolute Gasteiger partial charge is 0.243 e. The molecule has 2 saturated carbocycles. The third kappa shape index (κ3) is 2.25. The van der Waals surface area contributed by atoms with E-state index in [1.165, 1.54) is 19.3 Å². The summed E-state index contributed by atoms with van der Waals surface area (Å²) in [6.07, 6.45) is 7.50. The number of carbonyl (C=O) groups is 1. The quantitative estimate of drug-likeness (QED) is 0.770. The zero-order valence-corrected chi connectivity index (χ0v) is 11.6. The van der Waals surface area contributed by atoms with E-state index >= 15 is 0 Å². The van der Waals surface area contributed by atoms with Crippen LogP contribution in [0.25, 0.3) is 0 Å². The van der Waals surface area contributed by atoms with Gasteiger partial charge in [0.05, 0.1) is 6.07 Å². The third-order valence-electron chi connectivity index (χ3n) is 4.63. The van der Waals surface area contributed by atoms with Gasteiger partial charge in [-0.1, -0.05) is 26.2 Å². The number of amides is 1. The van der Waals surface area contributed by atoms with Crippen LogP contribution in [0.5, 0.6) is 0 Å². The van der Waals surface area contributed by atoms with Gasteiger partial charge in [-0.2, -0.15) is 5.26 Å². The predicted octanol–water partition coefficient (Wildman–Crippen LogP) is 3.11. The van der Waals surface area contributed by atoms with Gasteiger partial charge in [0, 0.05) is 12.6 Å². The van der Waals surface area contributed by atoms with Crippen LogP contribution >= 0.6 is 0 Å². The Kier molecular flexibility index (Phi) is 3.94. The Labute approximate surface area is 110 Å². The van der Waals surface area contributed by atoms with E-state index in [9.17, 15) is 10.1 Å². The van der Waals surface area contributed by atoms with Crippen LogP contribution in [0.2, 0.25) is 0 Å². The Bertz CT molecular complexity index is 346. The van der Waals surface area contributed by atoms with E-state index in [0.717, 1.165) is 32.2 Å². The first-order valence-electron chi connectivity index (χ1n) is 7.35. The molecule has 18 heavy (non-hydrogen) atoms. The molecule has 0 aromatic rings. The molecule has 2 rings (SSSR count). The van der Waals surface area contributed by atoms with Crippen molar-refractivity contribution >= 4 is 5.91 Å². The zero-order chi connectivity index (χ0) is 13.2. The molecular formula is C15H24N2O. The van der Waals surface area contributed by atoms with Gasteiger partial charge in [0.25, 0.3) is 0 Å². The largest absolute Gasteiger partial charge is 0.339 e. The molecule has 0 atom stereocenters. The Hall–Kier alpha value is -1.04. The molecule has 2 fully saturated rings. The maximum Gasteiger partial charge on any atom is 0.243 e. The van der Waals surface area contributed by atoms with Gasteiger partial charge in [0.2, 0.25) is 5.91 Å². The van der Waals surface area contributed by atoms with Gasteiger partial charge < -0.3 is 4.90 Å². The van der Waals surface area contributed by atoms with Crippen LogP contribution in [0, 0.1) is 22.7 Å². The van der Waals surface area contributed by atoms with Crippen molar-refractivity contribution < 1.29 is 4.79 Å². The second-order valence-corrected chi connectivity index (χ2v) is 6.09. The summed E-state index contributed by atoms with van der Waals surface area (Å²) in [4.78, 5) is 14.7. The Balaban J connectivity index is 2.07. The summed E-state index contributed by atoms with van der Waals surface area (Å²) in [5, 5.41) is 9.37. The summed E-state index contributed by atoms with van der Waals surface area (Å²) in [5.74, 6) is 0.635. The third-order valence-corrected chi connectivity index (χ3v) is 4.63. The highest BCUT2D eigenvalue weighted by Crippen LogP contribution is 2.46. The topological polar surface area (TPSA) is 44.1 Å². The van der Waals surface area contributed by atoms with Crippen LogP contribution in [0.3, 0.4) is 0 Å². The molecular weight excluding hydrogens is 224 g/mol. The number of hydrogen-bond acceptors (Lipinski definition) is 2. The lowest BCUT2D eigenvalue weighted by atomic mass is 9.62. The first kappa shape index (κ1) is 13.4. The van der Waals surface area contributed by atoms with Crippen molar-refractivity contribution in [2.75, 3.05) is 6.54 Å². The fraction of sp³-hybridized carbons (Fsp3) is 0.867. The molecule has 2 aliphatic carbocycles. The Morgan fingerprint density at radius 3 is 2.39 bits per heavy atom. The Morgan fingerprint density at radius 2 is 1.94 bits per heavy atom. The Morgan fingerprint density at radius 1 is 1.33 bits per heavy atom. The number of hydrogen-bond donors (Lipinski definition) is 0. The van der Waals surface area contributed by atoms with Crippen LogP contribution in [-0.4, -0.2) is 23.4 Å². The SMILES string of the molecule is CCN(C(=O)C1(C#N)CC(C)C1)C1CCCCC1. The average molecular weight is 248 g/mol. The van der Waals surface area contributed by atoms with Gasteiger partial charge in [-0.15, -0.1) is 0 Å². The predicted molar refractivity (Wildman–Crippen MR) is 70.7 cm³/mol. The summed E-state index contributed by atoms with van der Waals surface area (Å²) < 4.78 is 0. The molecule has 3 nitrogen and oxygen atoms in total. The van der Waals surface area contributed by atoms with Crippen molar-refractivity contribution in [1.82, 2.24) is 4.90 Å². The first-order chi connectivity index (χ1) is 8.63. The molecule has 0 aromatic heterocycles. The van der Waals surface area contributed by atoms with Crippen LogP contribution in [0.15, 0.2) is 0 Å². The fourth-order valence-electron chi connectivity index (χ4n) is 3.68. The molecule has 3 heteroatoms. The van der Waals surface area contributed by atoms with Gasteiger partial charge in [0.15, 0.2) is 0 Å². The number of carbonyl (C=O) groups excluding carboxylic acids is 1. The lowest BCUT2D eigenvalue weighted by Crippen LogP contribution is -2.53. The van der Waals surface area contributed by atoms with E-state index in [-0.39, 0.29) is 5.91 Å². The normalized spacial score (nSPS) is 32.4. The summed E-state index contributed by atoms with van der Waals surface area (Å²) in [6, 6.07) is 2.69. The minimum Gasteiger partial charge on any atom is -0.339 e. The molecule has 0 aromatic carbocycles. The maximum atomic E-state index is 12.7. The van der Waals surface area contributed by atoms with Crippen molar-refractivity contribution in [2.24, 2.45) is 11.3 Å². The molecule has 0 radical (unpaired) electrons. The maximum absolute atomic E-state index is 12.7. The summed E-state index contributed by atoms with van der Waals surface area (Å²) in [5.41, 5.74) is -0.688. The molecule has 100 valence electrons. The van der Waals surface area contributed by atoms with Gasteiger partial charge in [-0.3, -0.25) is 4.79 Å². The van der Waals surface area contributed by atoms with E-state index in [0.29, 0.717) is 12.0 Å². The van der Waals surface area contributed by atoms with Crippen LogP contribution < -0.4 is 0 Å². The van der Waals surface area contributed by atoms with Crippen LogP contribution in [0.4, 0.5) is 0 Å². The minimum absolute atomic E-state index is 0.109. The molecule has 0 spiro atoms. The highest BCUT2D eigenvalue weighted by Gasteiger charge is 2.51. The van der Waals surface area contributed by atoms with E-state index in [1.807, 2.05) is 11.8 Å². The minimum atomic E-state index is -0.688. The van der Waals surface area contributed by atoms with Gasteiger partial charge in [-0.25, -0.2) is 0 Å². The molecule has 0 bridgehead atoms. The van der Waals surface area contributed by atoms with E-state index in [2.05, 4.69) is 13.0 Å². The molecule has 0 aliphatic heterocycles. The summed E-state index contributed by atoms with van der Waals surface area (Å²) >= 11 is 0. The van der Waals surface area contributed by atoms with E-state index in [1.54, 1.807) is 0 Å². The standard InChI is InChI=1S/C15H24N2O/c1-3-17(13-7-5-4-6-8-13)14(18)15(11-16)9-12(2)10-15/h12-13H,3-10H2,1-2H3. The van der Waals surface area contributed by atoms with E-state index in [4.69, 9.17) is 0 Å². The van der Waals surface area contributed by atoms with Gasteiger partial charge >= 0.3 is 0 Å². The van der Waals surface area contributed by atoms with Crippen molar-refractivity contribution in [1.29, 1.82) is 5.26 Å². The van der Waals surface area contributed by atoms with Crippen LogP contribution in [0.1, 0.15) is 58.8 Å². The molecule has 0 N–H and O–H groups in total. The molecule has 0 saturated heterocycles. The molecule has 1 amide bonds. The zero-order valence-electron chi connectivity index (χ0n) is 11.6. The number of rotatable bonds is 3. The lowest BCUT2D eigenvalue weighted by molar-refractivity contribution is -0.148. The second-order valence-electron chi connectivity index (χ2n) is 6.09. The van der Waals surface area contributed by atoms with Crippen molar-refractivity contribution in [3.63, 3.8) is 0 Å². The lowest BCUT2D eigenvalue weighted by Gasteiger charge is -2.45. The van der Waals surface area contributed by atoms with E-state index < -0.39 is 5.41 Å². The fourth-order valence-corrected chi connectivity index (χ4v) is 3.68. The molecule has 0 heterocycles. The van der Waals surface area contributed by atoms with Crippen molar-refractivity contribution in [3.05, 3.63) is 0 Å². The summed E-state index contributed by atoms with van der Waals surface area (Å²) in [7, 11) is 0. The molecule has 2 aliphatic rings. The van der Waals surface area contributed by atoms with Gasteiger partial charge in [-0.05, 0) is 38.5 Å². The van der Waals surface area contributed by atoms with Crippen LogP contribution in [-0.2, 0) is 4.79 Å². The van der Waals surface area contributed by atoms with Gasteiger partial charge in [0.1, 0.15) is 5.41 Å². The summed E-state index contributed by atoms with van der Waals surface area (Å²) in [6.45, 7) is 4.92. The average Bonchev–Trinajstić information content (AvgIpc) is 2.36. The van der Waals surface area contributed by atoms with Crippen molar-refractivity contribution in [2.45, 2.75) is 64.8 Å². The van der Waals surface area contributed by atoms with Crippen molar-refractivity contribution in [3.8, 4) is 6.07 Å². The second kappa shape index (κ2) is 5.30. The number of nitriles is 1.